The third-order valence-electron chi connectivity index (χ3n) is 8.90. The third-order valence-corrected chi connectivity index (χ3v) is 8.90. The highest BCUT2D eigenvalue weighted by Gasteiger charge is 2.32. The number of aromatic nitrogens is 3. The number of ketones is 1. The van der Waals surface area contributed by atoms with E-state index in [1.54, 1.807) is 6.92 Å². The molecule has 202 valence electrons. The summed E-state index contributed by atoms with van der Waals surface area (Å²) in [6, 6.07) is 5.30. The molecular formula is C29H40N8O. The number of pyridine rings is 1. The highest BCUT2D eigenvalue weighted by Crippen LogP contribution is 2.38. The van der Waals surface area contributed by atoms with Gasteiger partial charge in [0, 0.05) is 75.2 Å². The van der Waals surface area contributed by atoms with E-state index in [0.717, 1.165) is 67.4 Å². The van der Waals surface area contributed by atoms with E-state index in [-0.39, 0.29) is 5.78 Å². The third kappa shape index (κ3) is 5.14. The number of piperazine rings is 1. The summed E-state index contributed by atoms with van der Waals surface area (Å²) in [6.07, 6.45) is 11.0. The molecule has 0 amide bonds. The summed E-state index contributed by atoms with van der Waals surface area (Å²) in [5, 5.41) is 6.78. The molecule has 0 atom stereocenters. The number of nitrogens with one attached hydrogen (secondary N) is 2. The van der Waals surface area contributed by atoms with Gasteiger partial charge in [0.15, 0.2) is 5.78 Å². The fourth-order valence-electron chi connectivity index (χ4n) is 6.63. The standard InChI is InChI=1S/C29H40N8O/c1-20-25-18-32-29(34-28(25)37(19-26(20)21(2)38)23-5-3-4-6-23)33-27-8-7-24(17-31-27)35-13-9-22(10-14-35)36-15-11-30-12-16-36/h7-8,17-18,22-23,30H,3-6,9-16,19H2,1-2H3,(H,31,32,33,34). The Bertz CT molecular complexity index is 1180. The van der Waals surface area contributed by atoms with Crippen molar-refractivity contribution in [2.45, 2.75) is 64.5 Å². The maximum Gasteiger partial charge on any atom is 0.230 e. The summed E-state index contributed by atoms with van der Waals surface area (Å²) in [5.74, 6) is 2.35. The van der Waals surface area contributed by atoms with Gasteiger partial charge < -0.3 is 20.4 Å². The van der Waals surface area contributed by atoms with E-state index >= 15 is 0 Å². The Morgan fingerprint density at radius 1 is 0.974 bits per heavy atom. The van der Waals surface area contributed by atoms with Crippen molar-refractivity contribution in [1.82, 2.24) is 25.2 Å². The molecule has 0 bridgehead atoms. The number of piperidine rings is 1. The normalized spacial score (nSPS) is 21.6. The van der Waals surface area contributed by atoms with Crippen molar-refractivity contribution in [2.75, 3.05) is 60.9 Å². The second kappa shape index (κ2) is 11.0. The zero-order chi connectivity index (χ0) is 26.1. The molecule has 9 nitrogen and oxygen atoms in total. The first-order chi connectivity index (χ1) is 18.6. The number of hydrogen-bond acceptors (Lipinski definition) is 9. The van der Waals surface area contributed by atoms with Crippen molar-refractivity contribution in [1.29, 1.82) is 0 Å². The minimum Gasteiger partial charge on any atom is -0.370 e. The predicted octanol–water partition coefficient (Wildman–Crippen LogP) is 3.61. The topological polar surface area (TPSA) is 89.5 Å². The van der Waals surface area contributed by atoms with E-state index in [4.69, 9.17) is 9.97 Å². The molecule has 4 aliphatic rings. The second-order valence-corrected chi connectivity index (χ2v) is 11.2. The van der Waals surface area contributed by atoms with Gasteiger partial charge in [-0.05, 0) is 57.2 Å². The molecule has 0 unspecified atom stereocenters. The van der Waals surface area contributed by atoms with Crippen LogP contribution in [0.5, 0.6) is 0 Å². The van der Waals surface area contributed by atoms with Gasteiger partial charge in [0.1, 0.15) is 11.6 Å². The van der Waals surface area contributed by atoms with Crippen LogP contribution in [0, 0.1) is 0 Å². The van der Waals surface area contributed by atoms with Crippen molar-refractivity contribution in [3.05, 3.63) is 35.7 Å². The van der Waals surface area contributed by atoms with E-state index in [9.17, 15) is 4.79 Å². The van der Waals surface area contributed by atoms with Gasteiger partial charge in [0.2, 0.25) is 5.95 Å². The zero-order valence-corrected chi connectivity index (χ0v) is 22.7. The molecule has 2 saturated heterocycles. The van der Waals surface area contributed by atoms with Crippen LogP contribution in [0.1, 0.15) is 57.9 Å². The number of nitrogens with zero attached hydrogens (tertiary/aromatic N) is 6. The minimum absolute atomic E-state index is 0.135. The van der Waals surface area contributed by atoms with Crippen LogP contribution in [0.4, 0.5) is 23.3 Å². The lowest BCUT2D eigenvalue weighted by atomic mass is 9.94. The second-order valence-electron chi connectivity index (χ2n) is 11.2. The Balaban J connectivity index is 1.14. The Morgan fingerprint density at radius 2 is 1.74 bits per heavy atom. The summed E-state index contributed by atoms with van der Waals surface area (Å²) in [4.78, 5) is 34.0. The number of fused-ring (bicyclic) bond motifs is 1. The van der Waals surface area contributed by atoms with Crippen LogP contribution >= 0.6 is 0 Å². The largest absolute Gasteiger partial charge is 0.370 e. The van der Waals surface area contributed by atoms with E-state index in [1.807, 2.05) is 25.4 Å². The molecule has 3 fully saturated rings. The average molecular weight is 517 g/mol. The summed E-state index contributed by atoms with van der Waals surface area (Å²) in [5.41, 5.74) is 4.01. The maximum absolute atomic E-state index is 12.4. The highest BCUT2D eigenvalue weighted by molar-refractivity contribution is 6.04. The summed E-state index contributed by atoms with van der Waals surface area (Å²) in [7, 11) is 0. The van der Waals surface area contributed by atoms with Gasteiger partial charge in [0.25, 0.3) is 0 Å². The SMILES string of the molecule is CC(=O)C1=C(C)c2cnc(Nc3ccc(N4CCC(N5CCNCC5)CC4)cn3)nc2N(C2CCCC2)C1. The fraction of sp³-hybridized carbons (Fsp3) is 0.586. The van der Waals surface area contributed by atoms with Crippen molar-refractivity contribution in [3.8, 4) is 0 Å². The van der Waals surface area contributed by atoms with Crippen molar-refractivity contribution < 1.29 is 4.79 Å². The van der Waals surface area contributed by atoms with Gasteiger partial charge in [0.05, 0.1) is 11.9 Å². The van der Waals surface area contributed by atoms with Crippen molar-refractivity contribution in [3.63, 3.8) is 0 Å². The quantitative estimate of drug-likeness (QED) is 0.598. The van der Waals surface area contributed by atoms with Crippen molar-refractivity contribution in [2.24, 2.45) is 0 Å². The fourth-order valence-corrected chi connectivity index (χ4v) is 6.63. The van der Waals surface area contributed by atoms with Crippen LogP contribution in [0.3, 0.4) is 0 Å². The number of carbonyl (C=O) groups is 1. The first-order valence-electron chi connectivity index (χ1n) is 14.3. The van der Waals surface area contributed by atoms with Gasteiger partial charge in [-0.1, -0.05) is 12.8 Å². The van der Waals surface area contributed by atoms with Gasteiger partial charge in [-0.25, -0.2) is 9.97 Å². The van der Waals surface area contributed by atoms with Crippen LogP contribution in [-0.4, -0.2) is 83.5 Å². The lowest BCUT2D eigenvalue weighted by Crippen LogP contribution is -2.52. The first kappa shape index (κ1) is 25.2. The number of rotatable bonds is 6. The molecule has 3 aliphatic heterocycles. The van der Waals surface area contributed by atoms with Crippen LogP contribution < -0.4 is 20.4 Å². The predicted molar refractivity (Wildman–Crippen MR) is 152 cm³/mol. The number of Topliss-reactive ketones (excluding diaryl/α,β-unsaturated/α-hetero) is 1. The molecule has 9 heteroatoms. The minimum atomic E-state index is 0.135. The lowest BCUT2D eigenvalue weighted by molar-refractivity contribution is -0.113. The molecule has 1 aliphatic carbocycles. The molecule has 2 N–H and O–H groups in total. The molecule has 0 spiro atoms. The van der Waals surface area contributed by atoms with Crippen LogP contribution in [0.2, 0.25) is 0 Å². The molecule has 38 heavy (non-hydrogen) atoms. The highest BCUT2D eigenvalue weighted by atomic mass is 16.1. The smallest absolute Gasteiger partial charge is 0.230 e. The molecule has 2 aromatic heterocycles. The molecule has 1 saturated carbocycles. The molecule has 6 rings (SSSR count). The summed E-state index contributed by atoms with van der Waals surface area (Å²) < 4.78 is 0. The number of allylic oxidation sites excluding steroid dienone is 1. The number of hydrogen-bond donors (Lipinski definition) is 2. The maximum atomic E-state index is 12.4. The Kier molecular flexibility index (Phi) is 7.30. The molecule has 5 heterocycles. The average Bonchev–Trinajstić information content (AvgIpc) is 3.49. The van der Waals surface area contributed by atoms with Crippen LogP contribution in [0.25, 0.3) is 5.57 Å². The molecule has 0 aromatic carbocycles. The van der Waals surface area contributed by atoms with Crippen LogP contribution in [-0.2, 0) is 4.79 Å². The Hall–Kier alpha value is -3.04. The number of carbonyl (C=O) groups excluding carboxylic acids is 1. The van der Waals surface area contributed by atoms with Crippen LogP contribution in [0.15, 0.2) is 30.1 Å². The van der Waals surface area contributed by atoms with E-state index in [2.05, 4.69) is 36.4 Å². The van der Waals surface area contributed by atoms with Gasteiger partial charge >= 0.3 is 0 Å². The van der Waals surface area contributed by atoms with Gasteiger partial charge in [-0.15, -0.1) is 0 Å². The molecule has 2 aromatic rings. The molecular weight excluding hydrogens is 476 g/mol. The molecule has 0 radical (unpaired) electrons. The zero-order valence-electron chi connectivity index (χ0n) is 22.7. The van der Waals surface area contributed by atoms with Gasteiger partial charge in [-0.3, -0.25) is 9.69 Å². The first-order valence-corrected chi connectivity index (χ1v) is 14.3. The Morgan fingerprint density at radius 3 is 2.42 bits per heavy atom. The van der Waals surface area contributed by atoms with Gasteiger partial charge in [-0.2, -0.15) is 4.98 Å². The lowest BCUT2D eigenvalue weighted by Gasteiger charge is -2.41. The monoisotopic (exact) mass is 516 g/mol. The van der Waals surface area contributed by atoms with E-state index in [0.29, 0.717) is 24.6 Å². The summed E-state index contributed by atoms with van der Waals surface area (Å²) >= 11 is 0. The van der Waals surface area contributed by atoms with E-state index < -0.39 is 0 Å². The van der Waals surface area contributed by atoms with Crippen molar-refractivity contribution >= 4 is 34.6 Å². The summed E-state index contributed by atoms with van der Waals surface area (Å²) in [6.45, 7) is 11.0. The van der Waals surface area contributed by atoms with E-state index in [1.165, 1.54) is 44.5 Å². The Labute approximate surface area is 225 Å². The number of anilines is 4.